The summed E-state index contributed by atoms with van der Waals surface area (Å²) < 4.78 is 23.4. The predicted octanol–water partition coefficient (Wildman–Crippen LogP) is 3.36. The van der Waals surface area contributed by atoms with Crippen molar-refractivity contribution in [2.45, 2.75) is 13.0 Å². The molecule has 0 spiro atoms. The number of ether oxygens (including phenoxy) is 2. The van der Waals surface area contributed by atoms with Gasteiger partial charge in [0.25, 0.3) is 0 Å². The van der Waals surface area contributed by atoms with E-state index in [0.717, 1.165) is 11.1 Å². The summed E-state index contributed by atoms with van der Waals surface area (Å²) in [6, 6.07) is 9.66. The monoisotopic (exact) mass is 337 g/mol. The minimum absolute atomic E-state index is 0.0386. The third-order valence-corrected chi connectivity index (χ3v) is 3.58. The predicted molar refractivity (Wildman–Crippen MR) is 86.5 cm³/mol. The summed E-state index contributed by atoms with van der Waals surface area (Å²) in [7, 11) is 3.10. The molecular weight excluding hydrogens is 321 g/mol. The van der Waals surface area contributed by atoms with E-state index in [0.29, 0.717) is 11.5 Å². The zero-order valence-electron chi connectivity index (χ0n) is 12.9. The molecule has 2 aromatic rings. The maximum atomic E-state index is 13.1. The van der Waals surface area contributed by atoms with Crippen molar-refractivity contribution in [3.63, 3.8) is 0 Å². The van der Waals surface area contributed by atoms with Gasteiger partial charge in [-0.15, -0.1) is 0 Å². The standard InChI is InChI=1S/C17H17ClFNO3/c1-22-15-6-4-11(8-16(15)23-2)9-17(21)20-10-12-3-5-14(19)13(18)7-12/h3-8H,9-10H2,1-2H3,(H,20,21). The van der Waals surface area contributed by atoms with Crippen LogP contribution in [-0.4, -0.2) is 20.1 Å². The zero-order chi connectivity index (χ0) is 16.8. The van der Waals surface area contributed by atoms with Gasteiger partial charge in [0.05, 0.1) is 25.7 Å². The molecule has 0 fully saturated rings. The van der Waals surface area contributed by atoms with E-state index in [1.54, 1.807) is 38.5 Å². The van der Waals surface area contributed by atoms with Gasteiger partial charge in [-0.3, -0.25) is 4.79 Å². The van der Waals surface area contributed by atoms with Gasteiger partial charge >= 0.3 is 0 Å². The van der Waals surface area contributed by atoms with Crippen LogP contribution >= 0.6 is 11.6 Å². The summed E-state index contributed by atoms with van der Waals surface area (Å²) in [6.07, 6.45) is 0.204. The van der Waals surface area contributed by atoms with Gasteiger partial charge in [0.1, 0.15) is 5.82 Å². The molecule has 122 valence electrons. The number of hydrogen-bond acceptors (Lipinski definition) is 3. The van der Waals surface area contributed by atoms with Crippen LogP contribution in [0.15, 0.2) is 36.4 Å². The highest BCUT2D eigenvalue weighted by Gasteiger charge is 2.09. The fourth-order valence-corrected chi connectivity index (χ4v) is 2.29. The number of halogens is 2. The van der Waals surface area contributed by atoms with Crippen LogP contribution in [0.2, 0.25) is 5.02 Å². The van der Waals surface area contributed by atoms with Crippen LogP contribution in [0, 0.1) is 5.82 Å². The van der Waals surface area contributed by atoms with Gasteiger partial charge in [-0.05, 0) is 35.4 Å². The third kappa shape index (κ3) is 4.60. The molecule has 0 saturated heterocycles. The van der Waals surface area contributed by atoms with Crippen molar-refractivity contribution in [2.24, 2.45) is 0 Å². The molecule has 2 aromatic carbocycles. The van der Waals surface area contributed by atoms with Gasteiger partial charge in [0, 0.05) is 6.54 Å². The molecular formula is C17H17ClFNO3. The average molecular weight is 338 g/mol. The zero-order valence-corrected chi connectivity index (χ0v) is 13.6. The largest absolute Gasteiger partial charge is 0.493 e. The molecule has 0 radical (unpaired) electrons. The van der Waals surface area contributed by atoms with Crippen molar-refractivity contribution in [2.75, 3.05) is 14.2 Å². The number of methoxy groups -OCH3 is 2. The molecule has 23 heavy (non-hydrogen) atoms. The number of carbonyl (C=O) groups is 1. The third-order valence-electron chi connectivity index (χ3n) is 3.29. The lowest BCUT2D eigenvalue weighted by Gasteiger charge is -2.10. The minimum Gasteiger partial charge on any atom is -0.493 e. The number of hydrogen-bond donors (Lipinski definition) is 1. The molecule has 4 nitrogen and oxygen atoms in total. The Morgan fingerprint density at radius 1 is 1.09 bits per heavy atom. The molecule has 0 aliphatic rings. The van der Waals surface area contributed by atoms with Crippen LogP contribution in [0.1, 0.15) is 11.1 Å². The van der Waals surface area contributed by atoms with Crippen LogP contribution in [0.5, 0.6) is 11.5 Å². The summed E-state index contributed by atoms with van der Waals surface area (Å²) in [5.74, 6) is 0.547. The van der Waals surface area contributed by atoms with Gasteiger partial charge < -0.3 is 14.8 Å². The number of nitrogens with one attached hydrogen (secondary N) is 1. The van der Waals surface area contributed by atoms with Crippen molar-refractivity contribution in [1.29, 1.82) is 0 Å². The van der Waals surface area contributed by atoms with E-state index in [2.05, 4.69) is 5.32 Å². The van der Waals surface area contributed by atoms with E-state index < -0.39 is 5.82 Å². The fraction of sp³-hybridized carbons (Fsp3) is 0.235. The number of benzene rings is 2. The summed E-state index contributed by atoms with van der Waals surface area (Å²) in [6.45, 7) is 0.284. The first-order chi connectivity index (χ1) is 11.0. The van der Waals surface area contributed by atoms with Crippen molar-refractivity contribution in [3.8, 4) is 11.5 Å². The molecule has 0 saturated carbocycles. The molecule has 0 unspecified atom stereocenters. The second kappa shape index (κ2) is 7.83. The Balaban J connectivity index is 1.95. The quantitative estimate of drug-likeness (QED) is 0.879. The molecule has 0 bridgehead atoms. The van der Waals surface area contributed by atoms with Crippen LogP contribution < -0.4 is 14.8 Å². The van der Waals surface area contributed by atoms with E-state index in [1.165, 1.54) is 12.1 Å². The summed E-state index contributed by atoms with van der Waals surface area (Å²) >= 11 is 5.71. The topological polar surface area (TPSA) is 47.6 Å². The molecule has 1 N–H and O–H groups in total. The lowest BCUT2D eigenvalue weighted by Crippen LogP contribution is -2.24. The number of rotatable bonds is 6. The van der Waals surface area contributed by atoms with E-state index in [9.17, 15) is 9.18 Å². The van der Waals surface area contributed by atoms with Crippen LogP contribution in [-0.2, 0) is 17.8 Å². The Labute approximate surface area is 139 Å². The normalized spacial score (nSPS) is 10.3. The van der Waals surface area contributed by atoms with E-state index >= 15 is 0 Å². The molecule has 1 amide bonds. The average Bonchev–Trinajstić information content (AvgIpc) is 2.55. The highest BCUT2D eigenvalue weighted by atomic mass is 35.5. The van der Waals surface area contributed by atoms with Crippen molar-refractivity contribution in [3.05, 3.63) is 58.4 Å². The Kier molecular flexibility index (Phi) is 5.82. The maximum Gasteiger partial charge on any atom is 0.224 e. The van der Waals surface area contributed by atoms with E-state index in [4.69, 9.17) is 21.1 Å². The molecule has 0 aliphatic heterocycles. The molecule has 0 atom stereocenters. The Hall–Kier alpha value is -2.27. The fourth-order valence-electron chi connectivity index (χ4n) is 2.09. The van der Waals surface area contributed by atoms with Gasteiger partial charge in [0.2, 0.25) is 5.91 Å². The van der Waals surface area contributed by atoms with Crippen molar-refractivity contribution >= 4 is 17.5 Å². The molecule has 0 aliphatic carbocycles. The number of amides is 1. The molecule has 0 heterocycles. The molecule has 0 aromatic heterocycles. The Morgan fingerprint density at radius 3 is 2.43 bits per heavy atom. The first-order valence-electron chi connectivity index (χ1n) is 6.95. The van der Waals surface area contributed by atoms with Gasteiger partial charge in [-0.2, -0.15) is 0 Å². The molecule has 6 heteroatoms. The van der Waals surface area contributed by atoms with E-state index in [1.807, 2.05) is 0 Å². The van der Waals surface area contributed by atoms with Crippen LogP contribution in [0.25, 0.3) is 0 Å². The van der Waals surface area contributed by atoms with Crippen molar-refractivity contribution in [1.82, 2.24) is 5.32 Å². The maximum absolute atomic E-state index is 13.1. The van der Waals surface area contributed by atoms with Crippen LogP contribution in [0.3, 0.4) is 0 Å². The smallest absolute Gasteiger partial charge is 0.224 e. The summed E-state index contributed by atoms with van der Waals surface area (Å²) in [5.41, 5.74) is 1.54. The Bertz CT molecular complexity index is 706. The van der Waals surface area contributed by atoms with Crippen molar-refractivity contribution < 1.29 is 18.7 Å². The first-order valence-corrected chi connectivity index (χ1v) is 7.33. The minimum atomic E-state index is -0.480. The highest BCUT2D eigenvalue weighted by Crippen LogP contribution is 2.27. The SMILES string of the molecule is COc1ccc(CC(=O)NCc2ccc(F)c(Cl)c2)cc1OC. The lowest BCUT2D eigenvalue weighted by atomic mass is 10.1. The second-order valence-electron chi connectivity index (χ2n) is 4.89. The second-order valence-corrected chi connectivity index (χ2v) is 5.30. The van der Waals surface area contributed by atoms with Crippen LogP contribution in [0.4, 0.5) is 4.39 Å². The molecule has 2 rings (SSSR count). The van der Waals surface area contributed by atoms with Gasteiger partial charge in [-0.25, -0.2) is 4.39 Å². The van der Waals surface area contributed by atoms with Gasteiger partial charge in [0.15, 0.2) is 11.5 Å². The first kappa shape index (κ1) is 17.1. The Morgan fingerprint density at radius 2 is 1.78 bits per heavy atom. The van der Waals surface area contributed by atoms with E-state index in [-0.39, 0.29) is 23.9 Å². The van der Waals surface area contributed by atoms with Gasteiger partial charge in [-0.1, -0.05) is 23.7 Å². The highest BCUT2D eigenvalue weighted by molar-refractivity contribution is 6.30. The summed E-state index contributed by atoms with van der Waals surface area (Å²) in [4.78, 5) is 12.0. The lowest BCUT2D eigenvalue weighted by molar-refractivity contribution is -0.120. The number of carbonyl (C=O) groups excluding carboxylic acids is 1. The summed E-state index contributed by atoms with van der Waals surface area (Å²) in [5, 5.41) is 2.81.